The molecule has 1 N–H and O–H groups in total. The van der Waals surface area contributed by atoms with E-state index in [1.807, 2.05) is 30.3 Å². The SMILES string of the molecule is c1cnc(N2CCCC(Nc3cnc4ccccc4n3)C2)nc1. The summed E-state index contributed by atoms with van der Waals surface area (Å²) in [4.78, 5) is 20.0. The second-order valence-corrected chi connectivity index (χ2v) is 5.72. The van der Waals surface area contributed by atoms with Gasteiger partial charge in [-0.2, -0.15) is 0 Å². The van der Waals surface area contributed by atoms with E-state index in [0.717, 1.165) is 48.7 Å². The molecular weight excluding hydrogens is 288 g/mol. The fraction of sp³-hybridized carbons (Fsp3) is 0.294. The molecule has 0 bridgehead atoms. The molecule has 1 aliphatic heterocycles. The van der Waals surface area contributed by atoms with E-state index in [9.17, 15) is 0 Å². The number of hydrogen-bond acceptors (Lipinski definition) is 6. The van der Waals surface area contributed by atoms with Crippen LogP contribution in [0.4, 0.5) is 11.8 Å². The summed E-state index contributed by atoms with van der Waals surface area (Å²) in [7, 11) is 0. The fourth-order valence-corrected chi connectivity index (χ4v) is 2.97. The van der Waals surface area contributed by atoms with Crippen molar-refractivity contribution in [2.45, 2.75) is 18.9 Å². The fourth-order valence-electron chi connectivity index (χ4n) is 2.97. The van der Waals surface area contributed by atoms with Crippen LogP contribution >= 0.6 is 0 Å². The van der Waals surface area contributed by atoms with E-state index >= 15 is 0 Å². The Kier molecular flexibility index (Phi) is 3.71. The van der Waals surface area contributed by atoms with Crippen LogP contribution < -0.4 is 10.2 Å². The summed E-state index contributed by atoms with van der Waals surface area (Å²) < 4.78 is 0. The van der Waals surface area contributed by atoms with Crippen LogP contribution in [0.5, 0.6) is 0 Å². The van der Waals surface area contributed by atoms with Gasteiger partial charge in [-0.05, 0) is 31.0 Å². The minimum atomic E-state index is 0.322. The van der Waals surface area contributed by atoms with Crippen LogP contribution in [-0.4, -0.2) is 39.1 Å². The molecule has 4 rings (SSSR count). The number of rotatable bonds is 3. The van der Waals surface area contributed by atoms with Crippen LogP contribution in [0.3, 0.4) is 0 Å². The Morgan fingerprint density at radius 2 is 1.83 bits per heavy atom. The third-order valence-electron chi connectivity index (χ3n) is 4.06. The van der Waals surface area contributed by atoms with Gasteiger partial charge < -0.3 is 10.2 Å². The van der Waals surface area contributed by atoms with E-state index in [4.69, 9.17) is 0 Å². The minimum absolute atomic E-state index is 0.322. The Hall–Kier alpha value is -2.76. The van der Waals surface area contributed by atoms with Gasteiger partial charge in [0.1, 0.15) is 5.82 Å². The highest BCUT2D eigenvalue weighted by molar-refractivity contribution is 5.75. The maximum Gasteiger partial charge on any atom is 0.225 e. The van der Waals surface area contributed by atoms with Gasteiger partial charge >= 0.3 is 0 Å². The highest BCUT2D eigenvalue weighted by atomic mass is 15.3. The number of benzene rings is 1. The molecule has 1 atom stereocenters. The van der Waals surface area contributed by atoms with Crippen LogP contribution in [0.15, 0.2) is 48.9 Å². The number of nitrogens with zero attached hydrogens (tertiary/aromatic N) is 5. The molecule has 6 heteroatoms. The number of piperidine rings is 1. The lowest BCUT2D eigenvalue weighted by Gasteiger charge is -2.33. The molecule has 23 heavy (non-hydrogen) atoms. The van der Waals surface area contributed by atoms with Gasteiger partial charge in [-0.25, -0.2) is 15.0 Å². The first kappa shape index (κ1) is 13.9. The van der Waals surface area contributed by atoms with Crippen molar-refractivity contribution in [2.75, 3.05) is 23.3 Å². The molecule has 1 saturated heterocycles. The van der Waals surface area contributed by atoms with Crippen molar-refractivity contribution < 1.29 is 0 Å². The minimum Gasteiger partial charge on any atom is -0.364 e. The molecule has 1 aliphatic rings. The van der Waals surface area contributed by atoms with Crippen molar-refractivity contribution in [1.82, 2.24) is 19.9 Å². The maximum atomic E-state index is 4.64. The lowest BCUT2D eigenvalue weighted by atomic mass is 10.1. The second-order valence-electron chi connectivity index (χ2n) is 5.72. The van der Waals surface area contributed by atoms with Gasteiger partial charge in [-0.1, -0.05) is 12.1 Å². The number of para-hydroxylation sites is 2. The molecule has 1 fully saturated rings. The lowest BCUT2D eigenvalue weighted by molar-refractivity contribution is 0.521. The van der Waals surface area contributed by atoms with Gasteiger partial charge in [0.2, 0.25) is 5.95 Å². The Balaban J connectivity index is 1.49. The van der Waals surface area contributed by atoms with Crippen LogP contribution in [0.25, 0.3) is 11.0 Å². The number of anilines is 2. The molecule has 6 nitrogen and oxygen atoms in total. The van der Waals surface area contributed by atoms with E-state index in [1.165, 1.54) is 0 Å². The molecular formula is C17H18N6. The normalized spacial score (nSPS) is 18.1. The van der Waals surface area contributed by atoms with E-state index in [-0.39, 0.29) is 0 Å². The Morgan fingerprint density at radius 1 is 1.00 bits per heavy atom. The van der Waals surface area contributed by atoms with E-state index in [0.29, 0.717) is 6.04 Å². The summed E-state index contributed by atoms with van der Waals surface area (Å²) in [5.41, 5.74) is 1.83. The Labute approximate surface area is 134 Å². The molecule has 3 heterocycles. The summed E-state index contributed by atoms with van der Waals surface area (Å²) in [5, 5.41) is 3.50. The zero-order chi connectivity index (χ0) is 15.5. The first-order chi connectivity index (χ1) is 11.4. The molecule has 1 aromatic carbocycles. The van der Waals surface area contributed by atoms with Crippen molar-refractivity contribution >= 4 is 22.8 Å². The third kappa shape index (κ3) is 3.06. The third-order valence-corrected chi connectivity index (χ3v) is 4.06. The molecule has 0 spiro atoms. The lowest BCUT2D eigenvalue weighted by Crippen LogP contribution is -2.43. The van der Waals surface area contributed by atoms with Crippen molar-refractivity contribution in [3.8, 4) is 0 Å². The first-order valence-corrected chi connectivity index (χ1v) is 7.89. The van der Waals surface area contributed by atoms with Crippen molar-refractivity contribution in [2.24, 2.45) is 0 Å². The quantitative estimate of drug-likeness (QED) is 0.802. The van der Waals surface area contributed by atoms with Crippen molar-refractivity contribution in [3.05, 3.63) is 48.9 Å². The molecule has 0 amide bonds. The number of fused-ring (bicyclic) bond motifs is 1. The van der Waals surface area contributed by atoms with Gasteiger partial charge in [0, 0.05) is 31.5 Å². The zero-order valence-corrected chi connectivity index (χ0v) is 12.8. The Morgan fingerprint density at radius 3 is 2.70 bits per heavy atom. The first-order valence-electron chi connectivity index (χ1n) is 7.89. The van der Waals surface area contributed by atoms with Crippen LogP contribution in [0.1, 0.15) is 12.8 Å². The molecule has 2 aromatic heterocycles. The summed E-state index contributed by atoms with van der Waals surface area (Å²) in [6.45, 7) is 1.87. The average molecular weight is 306 g/mol. The average Bonchev–Trinajstić information content (AvgIpc) is 2.63. The predicted octanol–water partition coefficient (Wildman–Crippen LogP) is 2.50. The monoisotopic (exact) mass is 306 g/mol. The number of aromatic nitrogens is 4. The van der Waals surface area contributed by atoms with Gasteiger partial charge in [0.25, 0.3) is 0 Å². The molecule has 0 radical (unpaired) electrons. The van der Waals surface area contributed by atoms with Gasteiger partial charge in [-0.15, -0.1) is 0 Å². The molecule has 0 saturated carbocycles. The maximum absolute atomic E-state index is 4.64. The molecule has 1 unspecified atom stereocenters. The van der Waals surface area contributed by atoms with Crippen LogP contribution in [-0.2, 0) is 0 Å². The Bertz CT molecular complexity index is 791. The summed E-state index contributed by atoms with van der Waals surface area (Å²) in [6.07, 6.45) is 7.59. The predicted molar refractivity (Wildman–Crippen MR) is 90.4 cm³/mol. The van der Waals surface area contributed by atoms with Gasteiger partial charge in [-0.3, -0.25) is 4.98 Å². The van der Waals surface area contributed by atoms with Gasteiger partial charge in [0.05, 0.1) is 17.2 Å². The number of nitrogens with one attached hydrogen (secondary N) is 1. The number of hydrogen-bond donors (Lipinski definition) is 1. The summed E-state index contributed by atoms with van der Waals surface area (Å²) in [5.74, 6) is 1.62. The van der Waals surface area contributed by atoms with E-state index in [2.05, 4.69) is 30.2 Å². The van der Waals surface area contributed by atoms with E-state index in [1.54, 1.807) is 18.6 Å². The largest absolute Gasteiger partial charge is 0.364 e. The van der Waals surface area contributed by atoms with Crippen molar-refractivity contribution in [1.29, 1.82) is 0 Å². The molecule has 0 aliphatic carbocycles. The second kappa shape index (κ2) is 6.16. The summed E-state index contributed by atoms with van der Waals surface area (Å²) >= 11 is 0. The highest BCUT2D eigenvalue weighted by Gasteiger charge is 2.21. The van der Waals surface area contributed by atoms with Crippen molar-refractivity contribution in [3.63, 3.8) is 0 Å². The summed E-state index contributed by atoms with van der Waals surface area (Å²) in [6, 6.07) is 10.1. The topological polar surface area (TPSA) is 66.8 Å². The smallest absolute Gasteiger partial charge is 0.225 e. The van der Waals surface area contributed by atoms with E-state index < -0.39 is 0 Å². The molecule has 3 aromatic rings. The highest BCUT2D eigenvalue weighted by Crippen LogP contribution is 2.19. The van der Waals surface area contributed by atoms with Gasteiger partial charge in [0.15, 0.2) is 0 Å². The van der Waals surface area contributed by atoms with Crippen LogP contribution in [0.2, 0.25) is 0 Å². The molecule has 116 valence electrons. The van der Waals surface area contributed by atoms with Crippen LogP contribution in [0, 0.1) is 0 Å². The zero-order valence-electron chi connectivity index (χ0n) is 12.8. The standard InChI is InChI=1S/C17H18N6/c1-2-7-15-14(6-1)20-11-16(22-15)21-13-5-3-10-23(12-13)17-18-8-4-9-19-17/h1-2,4,6-9,11,13H,3,5,10,12H2,(H,21,22).